The Labute approximate surface area is 115 Å². The zero-order valence-corrected chi connectivity index (χ0v) is 12.0. The van der Waals surface area contributed by atoms with E-state index in [1.165, 1.54) is 0 Å². The molecule has 4 nitrogen and oxygen atoms in total. The molecule has 0 aliphatic heterocycles. The van der Waals surface area contributed by atoms with Crippen LogP contribution in [0.25, 0.3) is 12.2 Å². The van der Waals surface area contributed by atoms with Gasteiger partial charge in [-0.2, -0.15) is 0 Å². The third kappa shape index (κ3) is 6.36. The van der Waals surface area contributed by atoms with E-state index in [2.05, 4.69) is 33.1 Å². The molecule has 0 spiro atoms. The lowest BCUT2D eigenvalue weighted by Crippen LogP contribution is -1.67. The Hall–Kier alpha value is -1.14. The Kier molecular flexibility index (Phi) is 11.2. The molecule has 0 amide bonds. The number of imidazole rings is 2. The van der Waals surface area contributed by atoms with Gasteiger partial charge in [-0.15, -0.1) is 34.0 Å². The number of nitrogens with one attached hydrogen (secondary N) is 2. The number of H-pyrrole nitrogens is 2. The van der Waals surface area contributed by atoms with Gasteiger partial charge in [0.2, 0.25) is 0 Å². The minimum atomic E-state index is 0. The molecular weight excluding hydrogens is 336 g/mol. The maximum atomic E-state index is 3.86. The topological polar surface area (TPSA) is 57.4 Å². The number of rotatable bonds is 2. The van der Waals surface area contributed by atoms with Crippen molar-refractivity contribution in [2.45, 2.75) is 0 Å². The summed E-state index contributed by atoms with van der Waals surface area (Å²) in [5, 5.41) is 0. The lowest BCUT2D eigenvalue weighted by Gasteiger charge is -1.73. The summed E-state index contributed by atoms with van der Waals surface area (Å²) in [6, 6.07) is 0. The van der Waals surface area contributed by atoms with Crippen LogP contribution in [0, 0.1) is 0 Å². The highest BCUT2D eigenvalue weighted by molar-refractivity contribution is 8.93. The molecule has 88 valence electrons. The van der Waals surface area contributed by atoms with Gasteiger partial charge in [0, 0.05) is 24.8 Å². The molecule has 2 aromatic heterocycles. The van der Waals surface area contributed by atoms with Crippen LogP contribution >= 0.6 is 34.0 Å². The summed E-state index contributed by atoms with van der Waals surface area (Å²) in [5.74, 6) is 1.64. The van der Waals surface area contributed by atoms with Crippen LogP contribution in [-0.4, -0.2) is 19.9 Å². The van der Waals surface area contributed by atoms with Crippen LogP contribution < -0.4 is 0 Å². The minimum absolute atomic E-state index is 0. The summed E-state index contributed by atoms with van der Waals surface area (Å²) in [7, 11) is 0. The molecule has 0 aliphatic carbocycles. The highest BCUT2D eigenvalue weighted by Gasteiger charge is 1.78. The Balaban J connectivity index is 0. The molecule has 0 atom stereocenters. The van der Waals surface area contributed by atoms with Crippen LogP contribution in [-0.2, 0) is 0 Å². The zero-order chi connectivity index (χ0) is 10.2. The Morgan fingerprint density at radius 1 is 0.875 bits per heavy atom. The van der Waals surface area contributed by atoms with Crippen LogP contribution in [0.4, 0.5) is 0 Å². The minimum Gasteiger partial charge on any atom is -0.345 e. The molecule has 6 heteroatoms. The molecule has 0 saturated heterocycles. The Morgan fingerprint density at radius 2 is 1.25 bits per heavy atom. The van der Waals surface area contributed by atoms with Crippen molar-refractivity contribution < 1.29 is 0 Å². The van der Waals surface area contributed by atoms with Crippen molar-refractivity contribution >= 4 is 46.1 Å². The van der Waals surface area contributed by atoms with E-state index in [1.807, 2.05) is 0 Å². The molecule has 16 heavy (non-hydrogen) atoms. The van der Waals surface area contributed by atoms with E-state index in [9.17, 15) is 0 Å². The monoisotopic (exact) mass is 348 g/mol. The fraction of sp³-hybridized carbons (Fsp3) is 0. The van der Waals surface area contributed by atoms with Gasteiger partial charge in [0.25, 0.3) is 0 Å². The van der Waals surface area contributed by atoms with Crippen molar-refractivity contribution in [3.63, 3.8) is 0 Å². The Morgan fingerprint density at radius 3 is 1.38 bits per heavy atom. The average molecular weight is 350 g/mol. The maximum Gasteiger partial charge on any atom is 0.129 e. The van der Waals surface area contributed by atoms with Crippen LogP contribution in [0.2, 0.25) is 0 Å². The van der Waals surface area contributed by atoms with Crippen molar-refractivity contribution in [2.24, 2.45) is 0 Å². The lowest BCUT2D eigenvalue weighted by molar-refractivity contribution is 1.27. The quantitative estimate of drug-likeness (QED) is 0.874. The van der Waals surface area contributed by atoms with E-state index in [4.69, 9.17) is 0 Å². The second-order valence-electron chi connectivity index (χ2n) is 2.36. The summed E-state index contributed by atoms with van der Waals surface area (Å²) >= 11 is 0. The van der Waals surface area contributed by atoms with Crippen LogP contribution in [0.5, 0.6) is 0 Å². The predicted molar refractivity (Wildman–Crippen MR) is 78.0 cm³/mol. The third-order valence-corrected chi connectivity index (χ3v) is 1.43. The molecule has 2 N–H and O–H groups in total. The zero-order valence-electron chi connectivity index (χ0n) is 8.59. The summed E-state index contributed by atoms with van der Waals surface area (Å²) in [4.78, 5) is 13.4. The Bertz CT molecular complexity index is 329. The molecule has 0 unspecified atom stereocenters. The number of hydrogen-bond donors (Lipinski definition) is 2. The highest BCUT2D eigenvalue weighted by Crippen LogP contribution is 1.86. The van der Waals surface area contributed by atoms with Crippen LogP contribution in [0.1, 0.15) is 11.6 Å². The number of hydrogen-bond acceptors (Lipinski definition) is 2. The average Bonchev–Trinajstić information content (AvgIpc) is 2.92. The summed E-state index contributed by atoms with van der Waals surface area (Å²) < 4.78 is 0. The first kappa shape index (κ1) is 17.3. The van der Waals surface area contributed by atoms with E-state index in [1.54, 1.807) is 36.9 Å². The van der Waals surface area contributed by atoms with E-state index in [-0.39, 0.29) is 34.0 Å². The second kappa shape index (κ2) is 10.4. The fourth-order valence-electron chi connectivity index (χ4n) is 0.778. The van der Waals surface area contributed by atoms with Gasteiger partial charge in [-0.05, 0) is 12.2 Å². The van der Waals surface area contributed by atoms with E-state index in [0.29, 0.717) is 0 Å². The van der Waals surface area contributed by atoms with E-state index < -0.39 is 0 Å². The smallest absolute Gasteiger partial charge is 0.129 e. The normalized spacial score (nSPS) is 7.50. The number of aromatic amines is 2. The summed E-state index contributed by atoms with van der Waals surface area (Å²) in [6.07, 6.45) is 10.2. The van der Waals surface area contributed by atoms with Crippen molar-refractivity contribution in [2.75, 3.05) is 0 Å². The SMILES string of the molecule is Br.Br.C=Cc1ncc[nH]1.C=Cc1ncc[nH]1. The molecule has 0 fully saturated rings. The van der Waals surface area contributed by atoms with Gasteiger partial charge >= 0.3 is 0 Å². The molecular formula is C10H14Br2N4. The number of nitrogens with zero attached hydrogens (tertiary/aromatic N) is 2. The van der Waals surface area contributed by atoms with Gasteiger partial charge in [-0.1, -0.05) is 13.2 Å². The standard InChI is InChI=1S/2C5H6N2.2BrH/c2*1-2-5-6-3-4-7-5;;/h2*2-4H,1H2,(H,6,7);2*1H. The van der Waals surface area contributed by atoms with Crippen molar-refractivity contribution in [3.05, 3.63) is 49.6 Å². The van der Waals surface area contributed by atoms with E-state index in [0.717, 1.165) is 11.6 Å². The van der Waals surface area contributed by atoms with Crippen LogP contribution in [0.3, 0.4) is 0 Å². The van der Waals surface area contributed by atoms with Crippen molar-refractivity contribution in [1.82, 2.24) is 19.9 Å². The van der Waals surface area contributed by atoms with E-state index >= 15 is 0 Å². The van der Waals surface area contributed by atoms with Gasteiger partial charge in [-0.3, -0.25) is 0 Å². The molecule has 0 aliphatic rings. The van der Waals surface area contributed by atoms with Gasteiger partial charge < -0.3 is 9.97 Å². The number of aromatic nitrogens is 4. The lowest BCUT2D eigenvalue weighted by atomic mass is 10.6. The molecule has 2 heterocycles. The van der Waals surface area contributed by atoms with Crippen molar-refractivity contribution in [1.29, 1.82) is 0 Å². The predicted octanol–water partition coefficient (Wildman–Crippen LogP) is 3.26. The molecule has 0 aromatic carbocycles. The molecule has 2 aromatic rings. The molecule has 0 bridgehead atoms. The second-order valence-corrected chi connectivity index (χ2v) is 2.36. The first-order chi connectivity index (χ1) is 6.86. The first-order valence-electron chi connectivity index (χ1n) is 4.10. The van der Waals surface area contributed by atoms with Gasteiger partial charge in [0.1, 0.15) is 11.6 Å². The third-order valence-electron chi connectivity index (χ3n) is 1.43. The molecule has 0 saturated carbocycles. The fourth-order valence-corrected chi connectivity index (χ4v) is 0.778. The first-order valence-corrected chi connectivity index (χ1v) is 4.10. The molecule has 2 rings (SSSR count). The van der Waals surface area contributed by atoms with Crippen molar-refractivity contribution in [3.8, 4) is 0 Å². The highest BCUT2D eigenvalue weighted by atomic mass is 79.9. The maximum absolute atomic E-state index is 3.86. The largest absolute Gasteiger partial charge is 0.345 e. The number of halogens is 2. The van der Waals surface area contributed by atoms with Gasteiger partial charge in [-0.25, -0.2) is 9.97 Å². The van der Waals surface area contributed by atoms with Gasteiger partial charge in [0.05, 0.1) is 0 Å². The molecule has 0 radical (unpaired) electrons. The summed E-state index contributed by atoms with van der Waals surface area (Å²) in [6.45, 7) is 7.02. The summed E-state index contributed by atoms with van der Waals surface area (Å²) in [5.41, 5.74) is 0. The van der Waals surface area contributed by atoms with Gasteiger partial charge in [0.15, 0.2) is 0 Å². The van der Waals surface area contributed by atoms with Crippen LogP contribution in [0.15, 0.2) is 37.9 Å².